The molecule has 1 N–H and O–H groups in total. The van der Waals surface area contributed by atoms with Gasteiger partial charge in [0.25, 0.3) is 0 Å². The first kappa shape index (κ1) is 13.8. The second-order valence-corrected chi connectivity index (χ2v) is 6.49. The number of hydrogen-bond acceptors (Lipinski definition) is 2. The van der Waals surface area contributed by atoms with E-state index in [1.54, 1.807) is 0 Å². The fourth-order valence-electron chi connectivity index (χ4n) is 1.04. The summed E-state index contributed by atoms with van der Waals surface area (Å²) in [7, 11) is -3.52. The predicted molar refractivity (Wildman–Crippen MR) is 66.5 cm³/mol. The van der Waals surface area contributed by atoms with Crippen molar-refractivity contribution < 1.29 is 8.42 Å². The summed E-state index contributed by atoms with van der Waals surface area (Å²) >= 11 is 11.5. The fourth-order valence-corrected chi connectivity index (χ4v) is 2.98. The van der Waals surface area contributed by atoms with E-state index >= 15 is 0 Å². The highest BCUT2D eigenvalue weighted by Crippen LogP contribution is 2.22. The zero-order valence-electron chi connectivity index (χ0n) is 9.00. The van der Waals surface area contributed by atoms with Crippen molar-refractivity contribution in [2.45, 2.75) is 18.7 Å². The van der Waals surface area contributed by atoms with Gasteiger partial charge in [0.1, 0.15) is 0 Å². The number of hydrogen-bond donors (Lipinski definition) is 1. The molecule has 1 aromatic rings. The molecule has 1 aromatic carbocycles. The molecule has 0 bridgehead atoms. The summed E-state index contributed by atoms with van der Waals surface area (Å²) in [5, 5.41) is 0.606. The Morgan fingerprint density at radius 1 is 1.19 bits per heavy atom. The van der Waals surface area contributed by atoms with E-state index in [1.165, 1.54) is 18.2 Å². The summed E-state index contributed by atoms with van der Waals surface area (Å²) in [6.07, 6.45) is 0. The second-order valence-electron chi connectivity index (χ2n) is 3.85. The number of rotatable bonds is 4. The third-order valence-corrected chi connectivity index (χ3v) is 3.67. The Labute approximate surface area is 106 Å². The van der Waals surface area contributed by atoms with Crippen LogP contribution in [0.4, 0.5) is 0 Å². The van der Waals surface area contributed by atoms with Crippen molar-refractivity contribution in [3.05, 3.63) is 28.2 Å². The minimum atomic E-state index is -3.52. The van der Waals surface area contributed by atoms with Crippen LogP contribution in [0.2, 0.25) is 10.0 Å². The average molecular weight is 282 g/mol. The van der Waals surface area contributed by atoms with E-state index < -0.39 is 10.0 Å². The van der Waals surface area contributed by atoms with Crippen molar-refractivity contribution in [3.63, 3.8) is 0 Å². The van der Waals surface area contributed by atoms with Gasteiger partial charge < -0.3 is 0 Å². The molecule has 0 saturated carbocycles. The Morgan fingerprint density at radius 3 is 2.12 bits per heavy atom. The molecule has 6 heteroatoms. The molecule has 0 atom stereocenters. The van der Waals surface area contributed by atoms with Crippen LogP contribution in [0.5, 0.6) is 0 Å². The quantitative estimate of drug-likeness (QED) is 0.923. The Balaban J connectivity index is 2.98. The molecular formula is C10H13Cl2NO2S. The first-order valence-electron chi connectivity index (χ1n) is 4.77. The maximum absolute atomic E-state index is 11.8. The Bertz CT molecular complexity index is 451. The van der Waals surface area contributed by atoms with Gasteiger partial charge in [-0.15, -0.1) is 0 Å². The molecule has 0 spiro atoms. The maximum Gasteiger partial charge on any atom is 0.240 e. The van der Waals surface area contributed by atoms with Gasteiger partial charge in [0, 0.05) is 16.6 Å². The molecule has 16 heavy (non-hydrogen) atoms. The largest absolute Gasteiger partial charge is 0.240 e. The minimum absolute atomic E-state index is 0.0886. The summed E-state index contributed by atoms with van der Waals surface area (Å²) in [6.45, 7) is 4.23. The van der Waals surface area contributed by atoms with Gasteiger partial charge in [0.05, 0.1) is 4.90 Å². The van der Waals surface area contributed by atoms with E-state index in [-0.39, 0.29) is 10.8 Å². The molecule has 0 heterocycles. The van der Waals surface area contributed by atoms with Crippen LogP contribution in [0.25, 0.3) is 0 Å². The highest BCUT2D eigenvalue weighted by Gasteiger charge is 2.15. The number of benzene rings is 1. The van der Waals surface area contributed by atoms with E-state index in [2.05, 4.69) is 4.72 Å². The van der Waals surface area contributed by atoms with Crippen LogP contribution in [0.3, 0.4) is 0 Å². The summed E-state index contributed by atoms with van der Waals surface area (Å²) < 4.78 is 26.1. The van der Waals surface area contributed by atoms with Crippen molar-refractivity contribution in [2.75, 3.05) is 6.54 Å². The van der Waals surface area contributed by atoms with Gasteiger partial charge in [-0.05, 0) is 24.1 Å². The monoisotopic (exact) mass is 281 g/mol. The molecule has 1 rings (SSSR count). The molecule has 3 nitrogen and oxygen atoms in total. The third-order valence-electron chi connectivity index (χ3n) is 1.83. The molecule has 0 radical (unpaired) electrons. The lowest BCUT2D eigenvalue weighted by Crippen LogP contribution is -2.27. The summed E-state index contributed by atoms with van der Waals surface area (Å²) in [5.41, 5.74) is 0. The molecule has 0 aromatic heterocycles. The molecule has 90 valence electrons. The van der Waals surface area contributed by atoms with E-state index in [9.17, 15) is 8.42 Å². The van der Waals surface area contributed by atoms with Crippen molar-refractivity contribution >= 4 is 33.2 Å². The minimum Gasteiger partial charge on any atom is -0.211 e. The molecule has 0 saturated heterocycles. The third kappa shape index (κ3) is 3.94. The van der Waals surface area contributed by atoms with Gasteiger partial charge in [-0.1, -0.05) is 37.0 Å². The average Bonchev–Trinajstić information content (AvgIpc) is 2.13. The van der Waals surface area contributed by atoms with Crippen LogP contribution >= 0.6 is 23.2 Å². The van der Waals surface area contributed by atoms with Crippen molar-refractivity contribution in [2.24, 2.45) is 5.92 Å². The number of sulfonamides is 1. The molecule has 0 unspecified atom stereocenters. The number of halogens is 2. The fraction of sp³-hybridized carbons (Fsp3) is 0.400. The van der Waals surface area contributed by atoms with E-state index in [0.717, 1.165) is 0 Å². The van der Waals surface area contributed by atoms with Gasteiger partial charge in [-0.2, -0.15) is 0 Å². The van der Waals surface area contributed by atoms with Crippen LogP contribution in [-0.2, 0) is 10.0 Å². The molecule has 0 amide bonds. The second kappa shape index (κ2) is 5.36. The topological polar surface area (TPSA) is 46.2 Å². The molecule has 0 aliphatic carbocycles. The molecule has 0 fully saturated rings. The lowest BCUT2D eigenvalue weighted by atomic mass is 10.2. The van der Waals surface area contributed by atoms with Gasteiger partial charge in [0.15, 0.2) is 0 Å². The summed E-state index contributed by atoms with van der Waals surface area (Å²) in [5.74, 6) is 0.240. The molecule has 0 aliphatic rings. The zero-order chi connectivity index (χ0) is 12.3. The first-order chi connectivity index (χ1) is 7.31. The lowest BCUT2D eigenvalue weighted by Gasteiger charge is -2.09. The lowest BCUT2D eigenvalue weighted by molar-refractivity contribution is 0.560. The van der Waals surface area contributed by atoms with E-state index in [0.29, 0.717) is 16.6 Å². The summed E-state index contributed by atoms with van der Waals surface area (Å²) in [6, 6.07) is 4.23. The summed E-state index contributed by atoms with van der Waals surface area (Å²) in [4.78, 5) is 0.0886. The van der Waals surface area contributed by atoms with Gasteiger partial charge in [-0.3, -0.25) is 0 Å². The van der Waals surface area contributed by atoms with Gasteiger partial charge in [0.2, 0.25) is 10.0 Å². The van der Waals surface area contributed by atoms with Crippen LogP contribution in [0.1, 0.15) is 13.8 Å². The van der Waals surface area contributed by atoms with Gasteiger partial charge >= 0.3 is 0 Å². The Hall–Kier alpha value is -0.290. The maximum atomic E-state index is 11.8. The van der Waals surface area contributed by atoms with Crippen LogP contribution in [0, 0.1) is 5.92 Å². The first-order valence-corrected chi connectivity index (χ1v) is 7.01. The van der Waals surface area contributed by atoms with E-state index in [1.807, 2.05) is 13.8 Å². The molecular weight excluding hydrogens is 269 g/mol. The Kier molecular flexibility index (Phi) is 4.62. The molecule has 0 aliphatic heterocycles. The van der Waals surface area contributed by atoms with Crippen molar-refractivity contribution in [1.29, 1.82) is 0 Å². The van der Waals surface area contributed by atoms with Crippen molar-refractivity contribution in [3.8, 4) is 0 Å². The predicted octanol–water partition coefficient (Wildman–Crippen LogP) is 2.93. The standard InChI is InChI=1S/C10H13Cl2NO2S/c1-7(2)6-13-16(14,15)10-4-8(11)3-9(12)5-10/h3-5,7,13H,6H2,1-2H3. The van der Waals surface area contributed by atoms with E-state index in [4.69, 9.17) is 23.2 Å². The zero-order valence-corrected chi connectivity index (χ0v) is 11.3. The number of nitrogens with one attached hydrogen (secondary N) is 1. The Morgan fingerprint density at radius 2 is 1.69 bits per heavy atom. The smallest absolute Gasteiger partial charge is 0.211 e. The normalized spacial score (nSPS) is 12.1. The van der Waals surface area contributed by atoms with Crippen LogP contribution in [-0.4, -0.2) is 15.0 Å². The van der Waals surface area contributed by atoms with Crippen LogP contribution in [0.15, 0.2) is 23.1 Å². The van der Waals surface area contributed by atoms with Gasteiger partial charge in [-0.25, -0.2) is 13.1 Å². The van der Waals surface area contributed by atoms with Crippen molar-refractivity contribution in [1.82, 2.24) is 4.72 Å². The SMILES string of the molecule is CC(C)CNS(=O)(=O)c1cc(Cl)cc(Cl)c1. The highest BCUT2D eigenvalue weighted by atomic mass is 35.5. The van der Waals surface area contributed by atoms with Crippen LogP contribution < -0.4 is 4.72 Å². The highest BCUT2D eigenvalue weighted by molar-refractivity contribution is 7.89.